The third-order valence-electron chi connectivity index (χ3n) is 3.83. The minimum Gasteiger partial charge on any atom is -0.338 e. The third kappa shape index (κ3) is 5.94. The summed E-state index contributed by atoms with van der Waals surface area (Å²) in [5.41, 5.74) is 0. The first kappa shape index (κ1) is 17.2. The Morgan fingerprint density at radius 3 is 2.73 bits per heavy atom. The van der Waals surface area contributed by atoms with Crippen LogP contribution in [-0.4, -0.2) is 44.7 Å². The van der Waals surface area contributed by atoms with Crippen LogP contribution >= 0.6 is 11.3 Å². The maximum absolute atomic E-state index is 12.0. The lowest BCUT2D eigenvalue weighted by atomic mass is 9.99. The van der Waals surface area contributed by atoms with Crippen molar-refractivity contribution < 1.29 is 13.2 Å². The monoisotopic (exact) mass is 345 g/mol. The van der Waals surface area contributed by atoms with Crippen LogP contribution in [0.25, 0.3) is 0 Å². The second-order valence-electron chi connectivity index (χ2n) is 5.67. The number of likely N-dealkylation sites (tertiary alicyclic amines) is 1. The summed E-state index contributed by atoms with van der Waals surface area (Å²) in [6.07, 6.45) is 3.29. The number of amides is 2. The summed E-state index contributed by atoms with van der Waals surface area (Å²) in [7, 11) is -3.42. The predicted molar refractivity (Wildman–Crippen MR) is 88.3 cm³/mol. The Morgan fingerprint density at radius 1 is 1.41 bits per heavy atom. The Hall–Kier alpha value is -1.12. The van der Waals surface area contributed by atoms with E-state index in [-0.39, 0.29) is 17.7 Å². The van der Waals surface area contributed by atoms with E-state index in [0.717, 1.165) is 12.8 Å². The van der Waals surface area contributed by atoms with Gasteiger partial charge in [-0.05, 0) is 43.0 Å². The molecule has 2 amide bonds. The Morgan fingerprint density at radius 2 is 2.14 bits per heavy atom. The second kappa shape index (κ2) is 7.94. The highest BCUT2D eigenvalue weighted by molar-refractivity contribution is 7.89. The molecule has 1 fully saturated rings. The van der Waals surface area contributed by atoms with Gasteiger partial charge in [0.05, 0.1) is 5.75 Å². The number of hydrogen-bond donors (Lipinski definition) is 2. The molecule has 0 aliphatic carbocycles. The number of primary sulfonamides is 1. The van der Waals surface area contributed by atoms with Crippen LogP contribution in [0.15, 0.2) is 17.5 Å². The Bertz CT molecular complexity index is 564. The smallest absolute Gasteiger partial charge is 0.317 e. The zero-order chi connectivity index (χ0) is 16.0. The van der Waals surface area contributed by atoms with E-state index in [0.29, 0.717) is 32.5 Å². The molecule has 0 bridgehead atoms. The predicted octanol–water partition coefficient (Wildman–Crippen LogP) is 1.39. The number of thiophene rings is 1. The van der Waals surface area contributed by atoms with E-state index in [1.807, 2.05) is 6.07 Å². The van der Waals surface area contributed by atoms with Crippen LogP contribution in [0.5, 0.6) is 0 Å². The summed E-state index contributed by atoms with van der Waals surface area (Å²) in [5.74, 6) is 0.0846. The largest absolute Gasteiger partial charge is 0.338 e. The molecule has 1 saturated heterocycles. The number of rotatable bonds is 6. The van der Waals surface area contributed by atoms with Crippen molar-refractivity contribution in [3.63, 3.8) is 0 Å². The van der Waals surface area contributed by atoms with Gasteiger partial charge in [-0.2, -0.15) is 0 Å². The number of piperidine rings is 1. The quantitative estimate of drug-likeness (QED) is 0.763. The lowest BCUT2D eigenvalue weighted by molar-refractivity contribution is 0.174. The van der Waals surface area contributed by atoms with E-state index in [1.54, 1.807) is 16.2 Å². The first-order valence-electron chi connectivity index (χ1n) is 7.49. The summed E-state index contributed by atoms with van der Waals surface area (Å²) >= 11 is 1.73. The van der Waals surface area contributed by atoms with Crippen LogP contribution in [0.4, 0.5) is 4.79 Å². The first-order valence-corrected chi connectivity index (χ1v) is 10.1. The SMILES string of the molecule is NS(=O)(=O)CC1CCN(C(=O)NCCCc2cccs2)CC1. The van der Waals surface area contributed by atoms with Gasteiger partial charge in [-0.1, -0.05) is 6.07 Å². The molecule has 2 heterocycles. The van der Waals surface area contributed by atoms with Crippen molar-refractivity contribution in [3.8, 4) is 0 Å². The standard InChI is InChI=1S/C14H23N3O3S2/c15-22(19,20)11-12-5-8-17(9-6-12)14(18)16-7-1-3-13-4-2-10-21-13/h2,4,10,12H,1,3,5-9,11H2,(H,16,18)(H2,15,19,20). The van der Waals surface area contributed by atoms with Crippen molar-refractivity contribution in [2.45, 2.75) is 25.7 Å². The molecule has 1 aliphatic rings. The average Bonchev–Trinajstić information content (AvgIpc) is 2.95. The van der Waals surface area contributed by atoms with E-state index in [9.17, 15) is 13.2 Å². The highest BCUT2D eigenvalue weighted by atomic mass is 32.2. The molecule has 2 rings (SSSR count). The molecular formula is C14H23N3O3S2. The van der Waals surface area contributed by atoms with Crippen LogP contribution in [0.2, 0.25) is 0 Å². The van der Waals surface area contributed by atoms with Crippen molar-refractivity contribution in [2.75, 3.05) is 25.4 Å². The maximum Gasteiger partial charge on any atom is 0.317 e. The number of nitrogens with two attached hydrogens (primary N) is 1. The van der Waals surface area contributed by atoms with Gasteiger partial charge in [-0.15, -0.1) is 11.3 Å². The van der Waals surface area contributed by atoms with Crippen LogP contribution < -0.4 is 10.5 Å². The van der Waals surface area contributed by atoms with Crippen LogP contribution in [0.1, 0.15) is 24.1 Å². The Kier molecular flexibility index (Phi) is 6.22. The lowest BCUT2D eigenvalue weighted by Crippen LogP contribution is -2.45. The molecule has 22 heavy (non-hydrogen) atoms. The molecule has 0 spiro atoms. The summed E-state index contributed by atoms with van der Waals surface area (Å²) < 4.78 is 22.1. The molecule has 0 atom stereocenters. The van der Waals surface area contributed by atoms with Gasteiger partial charge in [0.25, 0.3) is 0 Å². The molecule has 1 aromatic heterocycles. The molecule has 0 aromatic carbocycles. The molecule has 0 saturated carbocycles. The van der Waals surface area contributed by atoms with Gasteiger partial charge >= 0.3 is 6.03 Å². The highest BCUT2D eigenvalue weighted by Crippen LogP contribution is 2.18. The van der Waals surface area contributed by atoms with Crippen LogP contribution in [0, 0.1) is 5.92 Å². The van der Waals surface area contributed by atoms with Crippen molar-refractivity contribution >= 4 is 27.4 Å². The fourth-order valence-electron chi connectivity index (χ4n) is 2.66. The van der Waals surface area contributed by atoms with Gasteiger partial charge in [0.1, 0.15) is 0 Å². The molecular weight excluding hydrogens is 322 g/mol. The first-order chi connectivity index (χ1) is 10.4. The van der Waals surface area contributed by atoms with Crippen molar-refractivity contribution in [3.05, 3.63) is 22.4 Å². The van der Waals surface area contributed by atoms with Gasteiger partial charge < -0.3 is 10.2 Å². The Balaban J connectivity index is 1.62. The van der Waals surface area contributed by atoms with Gasteiger partial charge in [0.2, 0.25) is 10.0 Å². The van der Waals surface area contributed by atoms with E-state index in [1.165, 1.54) is 4.88 Å². The number of nitrogens with zero attached hydrogens (tertiary/aromatic N) is 1. The van der Waals surface area contributed by atoms with E-state index >= 15 is 0 Å². The molecule has 8 heteroatoms. The third-order valence-corrected chi connectivity index (χ3v) is 5.70. The van der Waals surface area contributed by atoms with Gasteiger partial charge in [0.15, 0.2) is 0 Å². The highest BCUT2D eigenvalue weighted by Gasteiger charge is 2.25. The maximum atomic E-state index is 12.0. The number of nitrogens with one attached hydrogen (secondary N) is 1. The van der Waals surface area contributed by atoms with Gasteiger partial charge in [-0.3, -0.25) is 0 Å². The molecule has 124 valence electrons. The summed E-state index contributed by atoms with van der Waals surface area (Å²) in [6.45, 7) is 1.85. The summed E-state index contributed by atoms with van der Waals surface area (Å²) in [5, 5.41) is 10.0. The summed E-state index contributed by atoms with van der Waals surface area (Å²) in [6, 6.07) is 4.08. The zero-order valence-electron chi connectivity index (χ0n) is 12.5. The van der Waals surface area contributed by atoms with Crippen LogP contribution in [0.3, 0.4) is 0 Å². The van der Waals surface area contributed by atoms with Crippen molar-refractivity contribution in [1.82, 2.24) is 10.2 Å². The fraction of sp³-hybridized carbons (Fsp3) is 0.643. The van der Waals surface area contributed by atoms with E-state index < -0.39 is 10.0 Å². The normalized spacial score (nSPS) is 16.7. The number of sulfonamides is 1. The Labute approximate surface area is 135 Å². The van der Waals surface area contributed by atoms with E-state index in [4.69, 9.17) is 5.14 Å². The number of hydrogen-bond acceptors (Lipinski definition) is 4. The minimum atomic E-state index is -3.42. The lowest BCUT2D eigenvalue weighted by Gasteiger charge is -2.31. The minimum absolute atomic E-state index is 0.0171. The van der Waals surface area contributed by atoms with Crippen molar-refractivity contribution in [2.24, 2.45) is 11.1 Å². The number of aryl methyl sites for hydroxylation is 1. The van der Waals surface area contributed by atoms with Gasteiger partial charge in [-0.25, -0.2) is 18.4 Å². The van der Waals surface area contributed by atoms with Gasteiger partial charge in [0, 0.05) is 24.5 Å². The van der Waals surface area contributed by atoms with E-state index in [2.05, 4.69) is 16.8 Å². The molecule has 3 N–H and O–H groups in total. The topological polar surface area (TPSA) is 92.5 Å². The average molecular weight is 345 g/mol. The molecule has 0 unspecified atom stereocenters. The number of carbonyl (C=O) groups is 1. The molecule has 1 aliphatic heterocycles. The number of urea groups is 1. The van der Waals surface area contributed by atoms with Crippen LogP contribution in [-0.2, 0) is 16.4 Å². The van der Waals surface area contributed by atoms with Crippen molar-refractivity contribution in [1.29, 1.82) is 0 Å². The fourth-order valence-corrected chi connectivity index (χ4v) is 4.40. The molecule has 6 nitrogen and oxygen atoms in total. The second-order valence-corrected chi connectivity index (χ2v) is 8.37. The summed E-state index contributed by atoms with van der Waals surface area (Å²) in [4.78, 5) is 15.1. The zero-order valence-corrected chi connectivity index (χ0v) is 14.2. The molecule has 0 radical (unpaired) electrons. The molecule has 1 aromatic rings. The number of carbonyl (C=O) groups excluding carboxylic acids is 1.